The van der Waals surface area contributed by atoms with E-state index in [9.17, 15) is 8.42 Å². The van der Waals surface area contributed by atoms with Crippen molar-refractivity contribution in [3.63, 3.8) is 0 Å². The molecule has 1 rings (SSSR count). The first-order valence-corrected chi connectivity index (χ1v) is 6.72. The molecule has 0 fully saturated rings. The van der Waals surface area contributed by atoms with E-state index in [1.165, 1.54) is 12.6 Å². The minimum Gasteiger partial charge on any atom is -0.366 e. The van der Waals surface area contributed by atoms with Crippen molar-refractivity contribution in [2.24, 2.45) is 0 Å². The second kappa shape index (κ2) is 4.76. The average Bonchev–Trinajstić information content (AvgIpc) is 1.99. The number of sulfone groups is 1. The fraction of sp³-hybridized carbons (Fsp3) is 0.500. The molecule has 1 atom stereocenters. The lowest BCUT2D eigenvalue weighted by atomic mass is 10.4. The van der Waals surface area contributed by atoms with Gasteiger partial charge in [-0.05, 0) is 6.92 Å². The van der Waals surface area contributed by atoms with Crippen LogP contribution in [0.4, 0.5) is 5.82 Å². The Balaban J connectivity index is 2.63. The zero-order valence-electron chi connectivity index (χ0n) is 8.44. The summed E-state index contributed by atoms with van der Waals surface area (Å²) in [6.45, 7) is 1.76. The standard InChI is InChI=1S/C8H12ClN3O2S/c1-6(4-15(2,13)14)12-8-3-7(9)10-5-11-8/h3,5-6H,4H2,1-2H3,(H,10,11,12). The third kappa shape index (κ3) is 4.94. The first-order valence-electron chi connectivity index (χ1n) is 4.28. The summed E-state index contributed by atoms with van der Waals surface area (Å²) in [5.74, 6) is 0.570. The molecule has 1 N–H and O–H groups in total. The van der Waals surface area contributed by atoms with Crippen molar-refractivity contribution in [1.29, 1.82) is 0 Å². The number of nitrogens with zero attached hydrogens (tertiary/aromatic N) is 2. The van der Waals surface area contributed by atoms with E-state index in [4.69, 9.17) is 11.6 Å². The Labute approximate surface area is 93.8 Å². The summed E-state index contributed by atoms with van der Waals surface area (Å²) in [7, 11) is -2.99. The number of aromatic nitrogens is 2. The Bertz CT molecular complexity index is 435. The summed E-state index contributed by atoms with van der Waals surface area (Å²) >= 11 is 5.65. The average molecular weight is 250 g/mol. The zero-order valence-corrected chi connectivity index (χ0v) is 10.0. The van der Waals surface area contributed by atoms with E-state index in [1.807, 2.05) is 0 Å². The highest BCUT2D eigenvalue weighted by Gasteiger charge is 2.10. The molecule has 0 aliphatic heterocycles. The van der Waals surface area contributed by atoms with Crippen LogP contribution in [0.2, 0.25) is 5.15 Å². The number of hydrogen-bond acceptors (Lipinski definition) is 5. The second-order valence-electron chi connectivity index (χ2n) is 3.36. The second-order valence-corrected chi connectivity index (χ2v) is 5.94. The predicted molar refractivity (Wildman–Crippen MR) is 59.8 cm³/mol. The Morgan fingerprint density at radius 1 is 1.53 bits per heavy atom. The topological polar surface area (TPSA) is 72.0 Å². The van der Waals surface area contributed by atoms with Gasteiger partial charge in [-0.15, -0.1) is 0 Å². The molecule has 1 aromatic heterocycles. The molecule has 0 amide bonds. The van der Waals surface area contributed by atoms with Crippen LogP contribution < -0.4 is 5.32 Å². The van der Waals surface area contributed by atoms with E-state index < -0.39 is 9.84 Å². The Hall–Kier alpha value is -0.880. The Morgan fingerprint density at radius 2 is 2.20 bits per heavy atom. The fourth-order valence-electron chi connectivity index (χ4n) is 1.16. The summed E-state index contributed by atoms with van der Waals surface area (Å²) in [6.07, 6.45) is 2.51. The molecule has 1 aromatic rings. The van der Waals surface area contributed by atoms with Gasteiger partial charge in [0.05, 0.1) is 5.75 Å². The molecule has 0 saturated heterocycles. The molecule has 0 aliphatic carbocycles. The van der Waals surface area contributed by atoms with Crippen molar-refractivity contribution in [2.45, 2.75) is 13.0 Å². The molecule has 0 aromatic carbocycles. The molecule has 1 heterocycles. The smallest absolute Gasteiger partial charge is 0.149 e. The monoisotopic (exact) mass is 249 g/mol. The molecule has 5 nitrogen and oxygen atoms in total. The highest BCUT2D eigenvalue weighted by Crippen LogP contribution is 2.09. The van der Waals surface area contributed by atoms with E-state index in [2.05, 4.69) is 15.3 Å². The number of anilines is 1. The van der Waals surface area contributed by atoms with Crippen molar-refractivity contribution in [3.05, 3.63) is 17.5 Å². The molecule has 0 radical (unpaired) electrons. The first-order chi connectivity index (χ1) is 6.87. The van der Waals surface area contributed by atoms with Crippen molar-refractivity contribution >= 4 is 27.3 Å². The van der Waals surface area contributed by atoms with Gasteiger partial charge >= 0.3 is 0 Å². The number of hydrogen-bond donors (Lipinski definition) is 1. The van der Waals surface area contributed by atoms with Gasteiger partial charge in [-0.25, -0.2) is 18.4 Å². The molecule has 0 bridgehead atoms. The molecule has 7 heteroatoms. The third-order valence-corrected chi connectivity index (χ3v) is 2.89. The summed E-state index contributed by atoms with van der Waals surface area (Å²) in [5, 5.41) is 3.24. The van der Waals surface area contributed by atoms with E-state index in [1.54, 1.807) is 13.0 Å². The van der Waals surface area contributed by atoms with Crippen LogP contribution in [0.1, 0.15) is 6.92 Å². The van der Waals surface area contributed by atoms with Crippen LogP contribution in [0.25, 0.3) is 0 Å². The van der Waals surface area contributed by atoms with Gasteiger partial charge in [-0.1, -0.05) is 11.6 Å². The van der Waals surface area contributed by atoms with E-state index in [-0.39, 0.29) is 11.8 Å². The number of nitrogens with one attached hydrogen (secondary N) is 1. The Kier molecular flexibility index (Phi) is 3.87. The molecule has 1 unspecified atom stereocenters. The largest absolute Gasteiger partial charge is 0.366 e. The van der Waals surface area contributed by atoms with Gasteiger partial charge in [0, 0.05) is 18.4 Å². The SMILES string of the molecule is CC(CS(C)(=O)=O)Nc1cc(Cl)ncn1. The van der Waals surface area contributed by atoms with Crippen molar-refractivity contribution < 1.29 is 8.42 Å². The molecule has 84 valence electrons. The van der Waals surface area contributed by atoms with Gasteiger partial charge in [0.1, 0.15) is 27.1 Å². The van der Waals surface area contributed by atoms with Crippen LogP contribution in [-0.2, 0) is 9.84 Å². The lowest BCUT2D eigenvalue weighted by Gasteiger charge is -2.12. The maximum absolute atomic E-state index is 11.0. The van der Waals surface area contributed by atoms with Crippen LogP contribution >= 0.6 is 11.6 Å². The summed E-state index contributed by atoms with van der Waals surface area (Å²) in [4.78, 5) is 7.63. The van der Waals surface area contributed by atoms with Crippen LogP contribution in [0, 0.1) is 0 Å². The molecule has 15 heavy (non-hydrogen) atoms. The summed E-state index contributed by atoms with van der Waals surface area (Å²) < 4.78 is 22.0. The van der Waals surface area contributed by atoms with Crippen LogP contribution in [-0.4, -0.2) is 36.4 Å². The molecule has 0 aliphatic rings. The van der Waals surface area contributed by atoms with Crippen molar-refractivity contribution in [2.75, 3.05) is 17.3 Å². The van der Waals surface area contributed by atoms with Gasteiger partial charge < -0.3 is 5.32 Å². The van der Waals surface area contributed by atoms with Gasteiger partial charge in [-0.2, -0.15) is 0 Å². The minimum atomic E-state index is -2.99. The highest BCUT2D eigenvalue weighted by molar-refractivity contribution is 7.90. The van der Waals surface area contributed by atoms with Crippen molar-refractivity contribution in [3.8, 4) is 0 Å². The van der Waals surface area contributed by atoms with Crippen LogP contribution in [0.15, 0.2) is 12.4 Å². The number of halogens is 1. The number of rotatable bonds is 4. The lowest BCUT2D eigenvalue weighted by molar-refractivity contribution is 0.598. The van der Waals surface area contributed by atoms with Crippen molar-refractivity contribution in [1.82, 2.24) is 9.97 Å². The predicted octanol–water partition coefficient (Wildman–Crippen LogP) is 0.975. The maximum atomic E-state index is 11.0. The normalized spacial score (nSPS) is 13.5. The van der Waals surface area contributed by atoms with Gasteiger partial charge in [0.15, 0.2) is 0 Å². The molecule has 0 saturated carbocycles. The summed E-state index contributed by atoms with van der Waals surface area (Å²) in [6, 6.07) is 1.33. The Morgan fingerprint density at radius 3 is 2.73 bits per heavy atom. The quantitative estimate of drug-likeness (QED) is 0.806. The maximum Gasteiger partial charge on any atom is 0.149 e. The van der Waals surface area contributed by atoms with Gasteiger partial charge in [-0.3, -0.25) is 0 Å². The van der Waals surface area contributed by atoms with E-state index in [0.717, 1.165) is 0 Å². The van der Waals surface area contributed by atoms with E-state index in [0.29, 0.717) is 11.0 Å². The molecular weight excluding hydrogens is 238 g/mol. The minimum absolute atomic E-state index is 0.0502. The van der Waals surface area contributed by atoms with Crippen LogP contribution in [0.3, 0.4) is 0 Å². The lowest BCUT2D eigenvalue weighted by Crippen LogP contribution is -2.25. The molecular formula is C8H12ClN3O2S. The zero-order chi connectivity index (χ0) is 11.5. The fourth-order valence-corrected chi connectivity index (χ4v) is 2.30. The molecule has 0 spiro atoms. The van der Waals surface area contributed by atoms with E-state index >= 15 is 0 Å². The third-order valence-electron chi connectivity index (χ3n) is 1.58. The van der Waals surface area contributed by atoms with Crippen LogP contribution in [0.5, 0.6) is 0 Å². The first kappa shape index (κ1) is 12.2. The van der Waals surface area contributed by atoms with Gasteiger partial charge in [0.25, 0.3) is 0 Å². The van der Waals surface area contributed by atoms with Gasteiger partial charge in [0.2, 0.25) is 0 Å². The highest BCUT2D eigenvalue weighted by atomic mass is 35.5. The summed E-state index contributed by atoms with van der Waals surface area (Å²) in [5.41, 5.74) is 0.